The van der Waals surface area contributed by atoms with Crippen molar-refractivity contribution in [3.05, 3.63) is 47.8 Å². The Morgan fingerprint density at radius 1 is 1.10 bits per heavy atom. The summed E-state index contributed by atoms with van der Waals surface area (Å²) in [5.74, 6) is 0.805. The topological polar surface area (TPSA) is 54.9 Å². The van der Waals surface area contributed by atoms with E-state index in [9.17, 15) is 9.18 Å². The fourth-order valence-electron chi connectivity index (χ4n) is 3.15. The fourth-order valence-corrected chi connectivity index (χ4v) is 4.15. The summed E-state index contributed by atoms with van der Waals surface area (Å²) in [6, 6.07) is 9.36. The van der Waals surface area contributed by atoms with Crippen LogP contribution in [0.1, 0.15) is 16.8 Å². The summed E-state index contributed by atoms with van der Waals surface area (Å²) in [4.78, 5) is 21.6. The van der Waals surface area contributed by atoms with Crippen LogP contribution in [0.15, 0.2) is 36.4 Å². The van der Waals surface area contributed by atoms with E-state index in [1.165, 1.54) is 35.6 Å². The maximum Gasteiger partial charge on any atom is 0.260 e. The molecular weight excluding hydrogens is 429 g/mol. The standard InChI is InChI=1S/C21H22FN3O3S.ClH/c1-24(2)8-3-9-25(20(26)14-4-6-15(22)7-5-14)21-23-16-12-17-18(13-19(16)29-21)28-11-10-27-17;/h4-7,12-13H,3,8-11H2,1-2H3;1H. The third-order valence-corrected chi connectivity index (χ3v) is 5.64. The number of halogens is 2. The number of fused-ring (bicyclic) bond motifs is 2. The molecule has 1 aliphatic heterocycles. The normalized spacial score (nSPS) is 12.7. The molecule has 0 bridgehead atoms. The summed E-state index contributed by atoms with van der Waals surface area (Å²) < 4.78 is 25.5. The first-order chi connectivity index (χ1) is 14.0. The lowest BCUT2D eigenvalue weighted by Gasteiger charge is -2.21. The Labute approximate surface area is 184 Å². The SMILES string of the molecule is CN(C)CCCN(C(=O)c1ccc(F)cc1)c1nc2cc3c(cc2s1)OCCO3.Cl. The summed E-state index contributed by atoms with van der Waals surface area (Å²) in [5, 5.41) is 0.607. The number of carbonyl (C=O) groups is 1. The van der Waals surface area contributed by atoms with E-state index in [2.05, 4.69) is 9.88 Å². The van der Waals surface area contributed by atoms with Gasteiger partial charge in [-0.25, -0.2) is 9.37 Å². The largest absolute Gasteiger partial charge is 0.486 e. The van der Waals surface area contributed by atoms with Gasteiger partial charge in [0.15, 0.2) is 16.6 Å². The van der Waals surface area contributed by atoms with E-state index >= 15 is 0 Å². The molecule has 4 rings (SSSR count). The fraction of sp³-hybridized carbons (Fsp3) is 0.333. The molecule has 0 saturated carbocycles. The first kappa shape index (κ1) is 22.3. The van der Waals surface area contributed by atoms with Crippen molar-refractivity contribution in [3.63, 3.8) is 0 Å². The van der Waals surface area contributed by atoms with Gasteiger partial charge in [-0.05, 0) is 51.3 Å². The van der Waals surface area contributed by atoms with Crippen LogP contribution in [0.4, 0.5) is 9.52 Å². The summed E-state index contributed by atoms with van der Waals surface area (Å²) in [7, 11) is 3.99. The second kappa shape index (κ2) is 9.59. The second-order valence-electron chi connectivity index (χ2n) is 7.08. The highest BCUT2D eigenvalue weighted by Crippen LogP contribution is 2.39. The molecule has 6 nitrogen and oxygen atoms in total. The van der Waals surface area contributed by atoms with Crippen LogP contribution in [0.25, 0.3) is 10.2 Å². The van der Waals surface area contributed by atoms with Crippen LogP contribution >= 0.6 is 23.7 Å². The highest BCUT2D eigenvalue weighted by Gasteiger charge is 2.23. The monoisotopic (exact) mass is 451 g/mol. The van der Waals surface area contributed by atoms with Crippen molar-refractivity contribution < 1.29 is 18.7 Å². The molecule has 0 saturated heterocycles. The summed E-state index contributed by atoms with van der Waals surface area (Å²) in [5.41, 5.74) is 1.19. The molecule has 160 valence electrons. The molecule has 0 fully saturated rings. The van der Waals surface area contributed by atoms with Crippen LogP contribution in [-0.4, -0.2) is 56.2 Å². The molecular formula is C21H23ClFN3O3S. The number of benzene rings is 2. The number of carbonyl (C=O) groups excluding carboxylic acids is 1. The average molecular weight is 452 g/mol. The zero-order valence-corrected chi connectivity index (χ0v) is 18.4. The van der Waals surface area contributed by atoms with Crippen molar-refractivity contribution in [2.75, 3.05) is 45.3 Å². The predicted octanol–water partition coefficient (Wildman–Crippen LogP) is 4.23. The zero-order valence-electron chi connectivity index (χ0n) is 16.8. The first-order valence-electron chi connectivity index (χ1n) is 9.43. The number of aromatic nitrogens is 1. The van der Waals surface area contributed by atoms with E-state index in [1.54, 1.807) is 4.90 Å². The van der Waals surface area contributed by atoms with Gasteiger partial charge in [-0.1, -0.05) is 11.3 Å². The lowest BCUT2D eigenvalue weighted by atomic mass is 10.2. The van der Waals surface area contributed by atoms with Crippen LogP contribution in [0.5, 0.6) is 11.5 Å². The smallest absolute Gasteiger partial charge is 0.260 e. The van der Waals surface area contributed by atoms with E-state index in [-0.39, 0.29) is 24.1 Å². The van der Waals surface area contributed by atoms with Crippen LogP contribution in [0.2, 0.25) is 0 Å². The molecule has 0 N–H and O–H groups in total. The van der Waals surface area contributed by atoms with Crippen LogP contribution in [0, 0.1) is 5.82 Å². The maximum absolute atomic E-state index is 13.3. The van der Waals surface area contributed by atoms with Gasteiger partial charge in [-0.15, -0.1) is 12.4 Å². The molecule has 30 heavy (non-hydrogen) atoms. The van der Waals surface area contributed by atoms with Crippen molar-refractivity contribution >= 4 is 45.0 Å². The lowest BCUT2D eigenvalue weighted by molar-refractivity contribution is 0.0986. The number of amides is 1. The third-order valence-electron chi connectivity index (χ3n) is 4.60. The van der Waals surface area contributed by atoms with Gasteiger partial charge in [0.1, 0.15) is 19.0 Å². The van der Waals surface area contributed by atoms with Crippen LogP contribution < -0.4 is 14.4 Å². The van der Waals surface area contributed by atoms with Crippen molar-refractivity contribution in [1.82, 2.24) is 9.88 Å². The van der Waals surface area contributed by atoms with Crippen LogP contribution in [-0.2, 0) is 0 Å². The van der Waals surface area contributed by atoms with Crippen molar-refractivity contribution in [2.24, 2.45) is 0 Å². The number of thiazole rings is 1. The summed E-state index contributed by atoms with van der Waals surface area (Å²) in [6.07, 6.45) is 0.790. The average Bonchev–Trinajstić information content (AvgIpc) is 3.11. The second-order valence-corrected chi connectivity index (χ2v) is 8.09. The molecule has 0 radical (unpaired) electrons. The highest BCUT2D eigenvalue weighted by molar-refractivity contribution is 7.22. The van der Waals surface area contributed by atoms with Gasteiger partial charge < -0.3 is 14.4 Å². The number of hydrogen-bond acceptors (Lipinski definition) is 6. The van der Waals surface area contributed by atoms with E-state index in [0.717, 1.165) is 23.2 Å². The molecule has 0 spiro atoms. The van der Waals surface area contributed by atoms with Gasteiger partial charge in [-0.3, -0.25) is 9.69 Å². The van der Waals surface area contributed by atoms with Crippen molar-refractivity contribution in [3.8, 4) is 11.5 Å². The highest BCUT2D eigenvalue weighted by atomic mass is 35.5. The maximum atomic E-state index is 13.3. The Kier molecular flexibility index (Phi) is 7.12. The third kappa shape index (κ3) is 4.83. The van der Waals surface area contributed by atoms with Gasteiger partial charge in [-0.2, -0.15) is 0 Å². The van der Waals surface area contributed by atoms with E-state index < -0.39 is 0 Å². The van der Waals surface area contributed by atoms with Gasteiger partial charge in [0.25, 0.3) is 5.91 Å². The minimum Gasteiger partial charge on any atom is -0.486 e. The number of anilines is 1. The Bertz CT molecular complexity index is 983. The lowest BCUT2D eigenvalue weighted by Crippen LogP contribution is -2.33. The number of hydrogen-bond donors (Lipinski definition) is 0. The molecule has 2 heterocycles. The van der Waals surface area contributed by atoms with Crippen LogP contribution in [0.3, 0.4) is 0 Å². The summed E-state index contributed by atoms with van der Waals surface area (Å²) in [6.45, 7) is 2.38. The Hall–Kier alpha value is -2.42. The Morgan fingerprint density at radius 2 is 1.77 bits per heavy atom. The minimum absolute atomic E-state index is 0. The molecule has 9 heteroatoms. The Balaban J connectivity index is 0.00000256. The molecule has 0 aliphatic carbocycles. The number of ether oxygens (including phenoxy) is 2. The van der Waals surface area contributed by atoms with Gasteiger partial charge in [0.2, 0.25) is 0 Å². The van der Waals surface area contributed by atoms with E-state index in [0.29, 0.717) is 42.0 Å². The van der Waals surface area contributed by atoms with E-state index in [1.807, 2.05) is 26.2 Å². The van der Waals surface area contributed by atoms with Crippen molar-refractivity contribution in [1.29, 1.82) is 0 Å². The van der Waals surface area contributed by atoms with Gasteiger partial charge in [0, 0.05) is 24.2 Å². The van der Waals surface area contributed by atoms with Gasteiger partial charge >= 0.3 is 0 Å². The molecule has 1 aromatic heterocycles. The molecule has 2 aromatic carbocycles. The molecule has 3 aromatic rings. The molecule has 0 atom stereocenters. The molecule has 0 unspecified atom stereocenters. The Morgan fingerprint density at radius 3 is 2.43 bits per heavy atom. The minimum atomic E-state index is -0.369. The first-order valence-corrected chi connectivity index (χ1v) is 10.3. The molecule has 1 aliphatic rings. The summed E-state index contributed by atoms with van der Waals surface area (Å²) >= 11 is 1.43. The quantitative estimate of drug-likeness (QED) is 0.561. The van der Waals surface area contributed by atoms with Crippen molar-refractivity contribution in [2.45, 2.75) is 6.42 Å². The number of nitrogens with zero attached hydrogens (tertiary/aromatic N) is 3. The predicted molar refractivity (Wildman–Crippen MR) is 119 cm³/mol. The zero-order chi connectivity index (χ0) is 20.4. The van der Waals surface area contributed by atoms with Gasteiger partial charge in [0.05, 0.1) is 10.2 Å². The van der Waals surface area contributed by atoms with E-state index in [4.69, 9.17) is 9.47 Å². The number of rotatable bonds is 6. The molecule has 1 amide bonds.